The summed E-state index contributed by atoms with van der Waals surface area (Å²) in [5.74, 6) is 0. The van der Waals surface area contributed by atoms with Crippen LogP contribution in [0.1, 0.15) is 224 Å². The third kappa shape index (κ3) is 24.4. The van der Waals surface area contributed by atoms with Gasteiger partial charge in [0.2, 0.25) is 0 Å². The van der Waals surface area contributed by atoms with Crippen molar-refractivity contribution in [1.82, 2.24) is 0 Å². The maximum absolute atomic E-state index is 2.61. The smallest absolute Gasteiger partial charge is 0.0464 e. The molecule has 0 bridgehead atoms. The molecule has 0 unspecified atom stereocenters. The van der Waals surface area contributed by atoms with Gasteiger partial charge in [0, 0.05) is 34.1 Å². The van der Waals surface area contributed by atoms with Crippen molar-refractivity contribution in [3.05, 3.63) is 419 Å². The number of aryl methyl sites for hydroxylation is 12. The fourth-order valence-electron chi connectivity index (χ4n) is 19.8. The van der Waals surface area contributed by atoms with E-state index in [1.165, 1.54) is 281 Å². The highest BCUT2D eigenvalue weighted by atomic mass is 15.1. The van der Waals surface area contributed by atoms with Crippen molar-refractivity contribution < 1.29 is 0 Å². The van der Waals surface area contributed by atoms with Crippen molar-refractivity contribution in [2.45, 2.75) is 237 Å². The van der Waals surface area contributed by atoms with Crippen LogP contribution in [0.3, 0.4) is 0 Å². The molecule has 680 valence electrons. The molecule has 16 rings (SSSR count). The van der Waals surface area contributed by atoms with Gasteiger partial charge in [0.15, 0.2) is 0 Å². The van der Waals surface area contributed by atoms with Crippen LogP contribution < -0.4 is 9.80 Å². The van der Waals surface area contributed by atoms with Crippen molar-refractivity contribution in [2.24, 2.45) is 0 Å². The van der Waals surface area contributed by atoms with E-state index in [0.717, 1.165) is 85.5 Å². The summed E-state index contributed by atoms with van der Waals surface area (Å²) < 4.78 is 0. The first-order valence-electron chi connectivity index (χ1n) is 50.9. The summed E-state index contributed by atoms with van der Waals surface area (Å²) in [6.07, 6.45) is 28.9. The molecule has 2 nitrogen and oxygen atoms in total. The molecule has 0 saturated heterocycles. The van der Waals surface area contributed by atoms with E-state index in [4.69, 9.17) is 0 Å². The fraction of sp³-hybridized carbons (Fsp3) is 0.273. The molecule has 0 heterocycles. The standard InChI is InChI=1S/C84H84N2.C48H58/c1-9-11-13-17-27-71-57-84(82-52-48-78(56-64(82)8)86(74-43-39-68(40-44-74)66-35-31-60(4)32-36-66)76-46-50-80(62(6)54-76)70-25-21-16-22-26-70)72(28-18-14-12-10-2)58-83(71)81-51-47-77(55-63(81)7)85(73-41-37-67(38-42-73)65-33-29-59(3)30-34-65)75-45-49-79(61(5)53-75)69-23-19-15-20-24-69;1-5-9-11-13-17-45-35-48(44-33-29-42(30-34-44)40-25-21-38(16-8-4)22-26-40)46(18-14-12-10-6-2)36-47(45)43-31-27-41(28-32-43)39-23-19-37(15-7-3)20-24-39/h15-16,19-26,29-58H,9-14,17-18,27-28H2,1-8H3;19-36H,5-18H2,1-4H3. The van der Waals surface area contributed by atoms with Crippen molar-refractivity contribution in [3.63, 3.8) is 0 Å². The Kier molecular flexibility index (Phi) is 34.0. The zero-order valence-corrected chi connectivity index (χ0v) is 82.4. The molecule has 0 aliphatic carbocycles. The molecule has 0 atom stereocenters. The minimum Gasteiger partial charge on any atom is -0.310 e. The lowest BCUT2D eigenvalue weighted by Crippen LogP contribution is -2.11. The number of hydrogen-bond acceptors (Lipinski definition) is 2. The van der Waals surface area contributed by atoms with Gasteiger partial charge in [-0.3, -0.25) is 0 Å². The van der Waals surface area contributed by atoms with E-state index in [1.54, 1.807) is 0 Å². The highest BCUT2D eigenvalue weighted by Gasteiger charge is 2.24. The summed E-state index contributed by atoms with van der Waals surface area (Å²) in [6, 6.07) is 133. The number of hydrogen-bond donors (Lipinski definition) is 0. The van der Waals surface area contributed by atoms with Crippen molar-refractivity contribution in [2.75, 3.05) is 9.80 Å². The van der Waals surface area contributed by atoms with Gasteiger partial charge in [-0.25, -0.2) is 0 Å². The number of nitrogens with zero attached hydrogens (tertiary/aromatic N) is 2. The van der Waals surface area contributed by atoms with Crippen molar-refractivity contribution in [1.29, 1.82) is 0 Å². The van der Waals surface area contributed by atoms with Gasteiger partial charge < -0.3 is 9.80 Å². The highest BCUT2D eigenvalue weighted by Crippen LogP contribution is 2.47. The Morgan fingerprint density at radius 3 is 0.649 bits per heavy atom. The molecule has 134 heavy (non-hydrogen) atoms. The quantitative estimate of drug-likeness (QED) is 0.0353. The van der Waals surface area contributed by atoms with E-state index < -0.39 is 0 Å². The fourth-order valence-corrected chi connectivity index (χ4v) is 19.8. The average Bonchev–Trinajstić information content (AvgIpc) is 0.744. The number of unbranched alkanes of at least 4 members (excludes halogenated alkanes) is 12. The first-order chi connectivity index (χ1) is 65.7. The highest BCUT2D eigenvalue weighted by molar-refractivity contribution is 5.89. The van der Waals surface area contributed by atoms with Crippen LogP contribution in [0.5, 0.6) is 0 Å². The number of rotatable bonds is 40. The Bertz CT molecular complexity index is 6020. The molecule has 16 aromatic rings. The SMILES string of the molecule is CCCCCCc1cc(-c2ccc(-c3ccc(CCC)cc3)cc2)c(CCCCCC)cc1-c1ccc(-c2ccc(CCC)cc2)cc1.CCCCCCc1cc(-c2ccc(N(c3ccc(-c4ccc(C)cc4)cc3)c3ccc(-c4ccccc4)c(C)c3)cc2C)c(CCCCCC)cc1-c1ccc(N(c2ccc(-c3ccc(C)cc3)cc2)c2ccc(-c3ccccc3)c(C)c2)cc1C. The molecule has 0 N–H and O–H groups in total. The Labute approximate surface area is 805 Å². The predicted molar refractivity (Wildman–Crippen MR) is 584 cm³/mol. The van der Waals surface area contributed by atoms with Crippen LogP contribution in [0, 0.1) is 41.5 Å². The Morgan fingerprint density at radius 2 is 0.381 bits per heavy atom. The normalized spacial score (nSPS) is 11.3. The van der Waals surface area contributed by atoms with E-state index >= 15 is 0 Å². The van der Waals surface area contributed by atoms with Gasteiger partial charge in [-0.05, 0) is 345 Å². The van der Waals surface area contributed by atoms with Crippen LogP contribution in [0.25, 0.3) is 111 Å². The van der Waals surface area contributed by atoms with E-state index in [0.29, 0.717) is 0 Å². The Morgan fingerprint density at radius 1 is 0.157 bits per heavy atom. The second-order valence-corrected chi connectivity index (χ2v) is 37.8. The van der Waals surface area contributed by atoms with Gasteiger partial charge in [-0.2, -0.15) is 0 Å². The van der Waals surface area contributed by atoms with Crippen molar-refractivity contribution in [3.8, 4) is 111 Å². The molecule has 0 radical (unpaired) electrons. The first kappa shape index (κ1) is 95.7. The molecule has 0 spiro atoms. The molecule has 2 heteroatoms. The van der Waals surface area contributed by atoms with Gasteiger partial charge in [0.05, 0.1) is 0 Å². The average molecular weight is 1760 g/mol. The maximum Gasteiger partial charge on any atom is 0.0464 e. The van der Waals surface area contributed by atoms with Gasteiger partial charge in [0.25, 0.3) is 0 Å². The van der Waals surface area contributed by atoms with Gasteiger partial charge in [0.1, 0.15) is 0 Å². The Hall–Kier alpha value is -12.9. The molecular formula is C132H142N2. The van der Waals surface area contributed by atoms with E-state index in [2.05, 4.69) is 445 Å². The monoisotopic (exact) mass is 1760 g/mol. The Balaban J connectivity index is 0.000000241. The largest absolute Gasteiger partial charge is 0.310 e. The van der Waals surface area contributed by atoms with Crippen molar-refractivity contribution >= 4 is 34.1 Å². The maximum atomic E-state index is 2.61. The van der Waals surface area contributed by atoms with E-state index in [1.807, 2.05) is 0 Å². The summed E-state index contributed by atoms with van der Waals surface area (Å²) in [6.45, 7) is 27.2. The lowest BCUT2D eigenvalue weighted by molar-refractivity contribution is 0.664. The molecule has 0 saturated carbocycles. The van der Waals surface area contributed by atoms with Crippen LogP contribution in [0.4, 0.5) is 34.1 Å². The second-order valence-electron chi connectivity index (χ2n) is 37.8. The third-order valence-electron chi connectivity index (χ3n) is 27.5. The molecule has 16 aromatic carbocycles. The third-order valence-corrected chi connectivity index (χ3v) is 27.5. The van der Waals surface area contributed by atoms with Gasteiger partial charge >= 0.3 is 0 Å². The second kappa shape index (κ2) is 47.7. The number of benzene rings is 16. The van der Waals surface area contributed by atoms with Crippen LogP contribution >= 0.6 is 0 Å². The summed E-state index contributed by atoms with van der Waals surface area (Å²) in [5.41, 5.74) is 49.1. The first-order valence-corrected chi connectivity index (χ1v) is 50.9. The van der Waals surface area contributed by atoms with Crippen LogP contribution in [-0.4, -0.2) is 0 Å². The van der Waals surface area contributed by atoms with Crippen LogP contribution in [-0.2, 0) is 38.5 Å². The molecular weight excluding hydrogens is 1610 g/mol. The zero-order chi connectivity index (χ0) is 93.1. The van der Waals surface area contributed by atoms with E-state index in [-0.39, 0.29) is 0 Å². The van der Waals surface area contributed by atoms with Crippen LogP contribution in [0.15, 0.2) is 352 Å². The number of anilines is 6. The zero-order valence-electron chi connectivity index (χ0n) is 82.4. The summed E-state index contributed by atoms with van der Waals surface area (Å²) >= 11 is 0. The topological polar surface area (TPSA) is 6.48 Å². The molecule has 0 aliphatic rings. The molecule has 0 amide bonds. The predicted octanol–water partition coefficient (Wildman–Crippen LogP) is 39.2. The minimum absolute atomic E-state index is 1.04. The van der Waals surface area contributed by atoms with Gasteiger partial charge in [-0.1, -0.05) is 422 Å². The minimum atomic E-state index is 1.04. The summed E-state index contributed by atoms with van der Waals surface area (Å²) in [5, 5.41) is 0. The van der Waals surface area contributed by atoms with Crippen LogP contribution in [0.2, 0.25) is 0 Å². The molecule has 0 aromatic heterocycles. The lowest BCUT2D eigenvalue weighted by atomic mass is 9.84. The van der Waals surface area contributed by atoms with E-state index in [9.17, 15) is 0 Å². The summed E-state index contributed by atoms with van der Waals surface area (Å²) in [4.78, 5) is 4.89. The summed E-state index contributed by atoms with van der Waals surface area (Å²) in [7, 11) is 0. The lowest BCUT2D eigenvalue weighted by Gasteiger charge is -2.28. The molecule has 0 aliphatic heterocycles. The molecule has 0 fully saturated rings. The van der Waals surface area contributed by atoms with Gasteiger partial charge in [-0.15, -0.1) is 0 Å².